The van der Waals surface area contributed by atoms with Gasteiger partial charge in [0.1, 0.15) is 23.5 Å². The molecule has 0 aliphatic heterocycles. The lowest BCUT2D eigenvalue weighted by atomic mass is 10.1. The zero-order chi connectivity index (χ0) is 16.4. The zero-order valence-corrected chi connectivity index (χ0v) is 12.4. The molecule has 0 aliphatic rings. The van der Waals surface area contributed by atoms with Gasteiger partial charge in [-0.2, -0.15) is 0 Å². The maximum Gasteiger partial charge on any atom is 0.158 e. The topological polar surface area (TPSA) is 76.5 Å². The summed E-state index contributed by atoms with van der Waals surface area (Å²) in [4.78, 5) is 20.9. The number of anilines is 2. The number of nitrogens with one attached hydrogen (secondary N) is 1. The van der Waals surface area contributed by atoms with Crippen LogP contribution in [0.5, 0.6) is 0 Å². The molecular formula is C17H11FN6. The summed E-state index contributed by atoms with van der Waals surface area (Å²) in [6.07, 6.45) is 9.50. The van der Waals surface area contributed by atoms with Gasteiger partial charge in [-0.25, -0.2) is 24.3 Å². The molecule has 0 spiro atoms. The largest absolute Gasteiger partial charge is 0.323 e. The number of rotatable bonds is 3. The second kappa shape index (κ2) is 5.96. The van der Waals surface area contributed by atoms with Crippen molar-refractivity contribution in [3.8, 4) is 11.1 Å². The molecule has 0 fully saturated rings. The smallest absolute Gasteiger partial charge is 0.158 e. The average Bonchev–Trinajstić information content (AvgIpc) is 2.64. The van der Waals surface area contributed by atoms with E-state index < -0.39 is 5.82 Å². The Balaban J connectivity index is 1.82. The molecular weight excluding hydrogens is 307 g/mol. The van der Waals surface area contributed by atoms with Gasteiger partial charge < -0.3 is 5.32 Å². The van der Waals surface area contributed by atoms with E-state index >= 15 is 0 Å². The van der Waals surface area contributed by atoms with Crippen LogP contribution in [0, 0.1) is 5.82 Å². The van der Waals surface area contributed by atoms with Crippen LogP contribution in [-0.2, 0) is 0 Å². The Hall–Kier alpha value is -3.48. The number of pyridine rings is 3. The highest BCUT2D eigenvalue weighted by atomic mass is 19.1. The molecule has 0 aliphatic carbocycles. The van der Waals surface area contributed by atoms with E-state index in [1.165, 1.54) is 12.4 Å². The maximum absolute atomic E-state index is 13.0. The minimum atomic E-state index is -0.393. The minimum Gasteiger partial charge on any atom is -0.323 e. The molecule has 4 heterocycles. The SMILES string of the molecule is Fc1ccc(Nc2ncc(-c3cncnc3)c3cccnc23)nc1. The molecule has 4 aromatic heterocycles. The molecule has 4 rings (SSSR count). The normalized spacial score (nSPS) is 10.7. The predicted octanol–water partition coefficient (Wildman–Crippen LogP) is 3.36. The van der Waals surface area contributed by atoms with Gasteiger partial charge in [0.2, 0.25) is 0 Å². The van der Waals surface area contributed by atoms with Crippen LogP contribution < -0.4 is 5.32 Å². The Kier molecular flexibility index (Phi) is 3.51. The van der Waals surface area contributed by atoms with Gasteiger partial charge in [0, 0.05) is 41.3 Å². The summed E-state index contributed by atoms with van der Waals surface area (Å²) < 4.78 is 13.0. The van der Waals surface area contributed by atoms with Crippen molar-refractivity contribution in [2.75, 3.05) is 5.32 Å². The van der Waals surface area contributed by atoms with E-state index in [-0.39, 0.29) is 0 Å². The Morgan fingerprint density at radius 2 is 1.75 bits per heavy atom. The van der Waals surface area contributed by atoms with Crippen LogP contribution >= 0.6 is 0 Å². The monoisotopic (exact) mass is 318 g/mol. The van der Waals surface area contributed by atoms with E-state index in [0.717, 1.165) is 22.7 Å². The molecule has 4 aromatic rings. The number of hydrogen-bond donors (Lipinski definition) is 1. The third-order valence-corrected chi connectivity index (χ3v) is 3.49. The van der Waals surface area contributed by atoms with Crippen molar-refractivity contribution in [2.24, 2.45) is 0 Å². The van der Waals surface area contributed by atoms with Crippen molar-refractivity contribution in [3.05, 3.63) is 67.4 Å². The predicted molar refractivity (Wildman–Crippen MR) is 88.0 cm³/mol. The van der Waals surface area contributed by atoms with E-state index in [4.69, 9.17) is 0 Å². The lowest BCUT2D eigenvalue weighted by Gasteiger charge is -2.10. The number of nitrogens with zero attached hydrogens (tertiary/aromatic N) is 5. The summed E-state index contributed by atoms with van der Waals surface area (Å²) in [5.41, 5.74) is 2.43. The molecule has 0 aromatic carbocycles. The van der Waals surface area contributed by atoms with E-state index in [1.54, 1.807) is 30.9 Å². The van der Waals surface area contributed by atoms with Crippen molar-refractivity contribution in [3.63, 3.8) is 0 Å². The molecule has 0 unspecified atom stereocenters. The van der Waals surface area contributed by atoms with Crippen molar-refractivity contribution in [2.45, 2.75) is 0 Å². The van der Waals surface area contributed by atoms with Gasteiger partial charge in [-0.1, -0.05) is 6.07 Å². The first-order chi connectivity index (χ1) is 11.8. The molecule has 0 bridgehead atoms. The number of halogens is 1. The summed E-state index contributed by atoms with van der Waals surface area (Å²) in [6.45, 7) is 0. The average molecular weight is 318 g/mol. The van der Waals surface area contributed by atoms with Gasteiger partial charge in [0.05, 0.1) is 6.20 Å². The molecule has 7 heteroatoms. The second-order valence-electron chi connectivity index (χ2n) is 5.03. The van der Waals surface area contributed by atoms with Crippen molar-refractivity contribution >= 4 is 22.5 Å². The summed E-state index contributed by atoms with van der Waals surface area (Å²) in [6, 6.07) is 6.69. The molecule has 0 radical (unpaired) electrons. The van der Waals surface area contributed by atoms with Crippen LogP contribution in [0.3, 0.4) is 0 Å². The molecule has 0 amide bonds. The van der Waals surface area contributed by atoms with Gasteiger partial charge in [0.15, 0.2) is 5.82 Å². The van der Waals surface area contributed by atoms with E-state index in [9.17, 15) is 4.39 Å². The van der Waals surface area contributed by atoms with Crippen molar-refractivity contribution in [1.82, 2.24) is 24.9 Å². The van der Waals surface area contributed by atoms with E-state index in [2.05, 4.69) is 30.2 Å². The lowest BCUT2D eigenvalue weighted by Crippen LogP contribution is -1.99. The number of aromatic nitrogens is 5. The number of fused-ring (bicyclic) bond motifs is 1. The minimum absolute atomic E-state index is 0.393. The van der Waals surface area contributed by atoms with Crippen LogP contribution in [0.2, 0.25) is 0 Å². The quantitative estimate of drug-likeness (QED) is 0.624. The summed E-state index contributed by atoms with van der Waals surface area (Å²) >= 11 is 0. The molecule has 0 saturated heterocycles. The Labute approximate surface area is 136 Å². The van der Waals surface area contributed by atoms with Crippen molar-refractivity contribution < 1.29 is 4.39 Å². The van der Waals surface area contributed by atoms with Gasteiger partial charge in [-0.05, 0) is 18.2 Å². The molecule has 24 heavy (non-hydrogen) atoms. The van der Waals surface area contributed by atoms with Crippen LogP contribution in [0.15, 0.2) is 61.6 Å². The standard InChI is InChI=1S/C17H11FN6/c18-12-3-4-15(22-8-12)24-17-16-13(2-1-5-21-16)14(9-23-17)11-6-19-10-20-7-11/h1-10H,(H,22,23,24). The fourth-order valence-electron chi connectivity index (χ4n) is 2.40. The molecule has 116 valence electrons. The first kappa shape index (κ1) is 14.1. The first-order valence-corrected chi connectivity index (χ1v) is 7.19. The first-order valence-electron chi connectivity index (χ1n) is 7.19. The van der Waals surface area contributed by atoms with Gasteiger partial charge in [-0.3, -0.25) is 4.98 Å². The van der Waals surface area contributed by atoms with Crippen LogP contribution in [0.25, 0.3) is 22.0 Å². The fourth-order valence-corrected chi connectivity index (χ4v) is 2.40. The third kappa shape index (κ3) is 2.63. The van der Waals surface area contributed by atoms with Gasteiger partial charge in [-0.15, -0.1) is 0 Å². The summed E-state index contributed by atoms with van der Waals surface area (Å²) in [5, 5.41) is 3.98. The van der Waals surface area contributed by atoms with Gasteiger partial charge in [0.25, 0.3) is 0 Å². The highest BCUT2D eigenvalue weighted by molar-refractivity contribution is 5.99. The van der Waals surface area contributed by atoms with Crippen LogP contribution in [0.1, 0.15) is 0 Å². The fraction of sp³-hybridized carbons (Fsp3) is 0. The summed E-state index contributed by atoms with van der Waals surface area (Å²) in [7, 11) is 0. The van der Waals surface area contributed by atoms with E-state index in [0.29, 0.717) is 17.2 Å². The van der Waals surface area contributed by atoms with E-state index in [1.807, 2.05) is 12.1 Å². The Bertz CT molecular complexity index is 989. The second-order valence-corrected chi connectivity index (χ2v) is 5.03. The molecule has 6 nitrogen and oxygen atoms in total. The zero-order valence-electron chi connectivity index (χ0n) is 12.4. The Morgan fingerprint density at radius 1 is 0.875 bits per heavy atom. The Morgan fingerprint density at radius 3 is 2.54 bits per heavy atom. The highest BCUT2D eigenvalue weighted by Crippen LogP contribution is 2.30. The maximum atomic E-state index is 13.0. The van der Waals surface area contributed by atoms with Crippen LogP contribution in [-0.4, -0.2) is 24.9 Å². The summed E-state index contributed by atoms with van der Waals surface area (Å²) in [5.74, 6) is 0.646. The van der Waals surface area contributed by atoms with Gasteiger partial charge >= 0.3 is 0 Å². The highest BCUT2D eigenvalue weighted by Gasteiger charge is 2.11. The van der Waals surface area contributed by atoms with Crippen molar-refractivity contribution in [1.29, 1.82) is 0 Å². The third-order valence-electron chi connectivity index (χ3n) is 3.49. The molecule has 0 saturated carbocycles. The lowest BCUT2D eigenvalue weighted by molar-refractivity contribution is 0.622. The molecule has 1 N–H and O–H groups in total. The van der Waals surface area contributed by atoms with Crippen LogP contribution in [0.4, 0.5) is 16.0 Å². The molecule has 0 atom stereocenters. The number of hydrogen-bond acceptors (Lipinski definition) is 6.